The number of rotatable bonds is 3. The van der Waals surface area contributed by atoms with Crippen LogP contribution in [-0.4, -0.2) is 66.5 Å². The number of amides is 1. The van der Waals surface area contributed by atoms with Crippen LogP contribution in [0.1, 0.15) is 5.56 Å². The molecule has 0 unspecified atom stereocenters. The molecule has 0 radical (unpaired) electrons. The van der Waals surface area contributed by atoms with Crippen LogP contribution in [-0.2, 0) is 11.0 Å². The number of aromatic nitrogens is 1. The fraction of sp³-hybridized carbons (Fsp3) is 0.444. The number of pyridine rings is 1. The Labute approximate surface area is 163 Å². The minimum atomic E-state index is -4.55. The molecule has 150 valence electrons. The molecule has 0 atom stereocenters. The van der Waals surface area contributed by atoms with Gasteiger partial charge in [-0.3, -0.25) is 4.79 Å². The van der Waals surface area contributed by atoms with E-state index in [9.17, 15) is 18.0 Å². The quantitative estimate of drug-likeness (QED) is 0.722. The van der Waals surface area contributed by atoms with Crippen molar-refractivity contribution in [3.8, 4) is 11.5 Å². The van der Waals surface area contributed by atoms with Crippen LogP contribution in [0, 0.1) is 0 Å². The monoisotopic (exact) mass is 413 g/mol. The van der Waals surface area contributed by atoms with Crippen molar-refractivity contribution in [3.05, 3.63) is 23.8 Å². The van der Waals surface area contributed by atoms with E-state index in [2.05, 4.69) is 9.88 Å². The first-order chi connectivity index (χ1) is 13.3. The van der Waals surface area contributed by atoms with Gasteiger partial charge in [-0.1, -0.05) is 11.8 Å². The van der Waals surface area contributed by atoms with E-state index >= 15 is 0 Å². The molecule has 28 heavy (non-hydrogen) atoms. The number of thioether (sulfide) groups is 1. The Morgan fingerprint density at radius 1 is 1.14 bits per heavy atom. The molecule has 0 aliphatic carbocycles. The SMILES string of the molecule is CN1CCN(C(=O)CSc2cc(C(F)(F)F)c3cc4c(cc3n2)OCO4)CC1. The van der Waals surface area contributed by atoms with Crippen LogP contribution in [0.15, 0.2) is 23.2 Å². The van der Waals surface area contributed by atoms with Crippen molar-refractivity contribution >= 4 is 28.6 Å². The molecule has 0 saturated carbocycles. The largest absolute Gasteiger partial charge is 0.454 e. The third-order valence-corrected chi connectivity index (χ3v) is 5.68. The number of halogens is 3. The molecule has 6 nitrogen and oxygen atoms in total. The number of hydrogen-bond donors (Lipinski definition) is 0. The smallest absolute Gasteiger partial charge is 0.417 e. The third-order valence-electron chi connectivity index (χ3n) is 4.78. The summed E-state index contributed by atoms with van der Waals surface area (Å²) < 4.78 is 51.2. The Morgan fingerprint density at radius 3 is 2.50 bits per heavy atom. The zero-order valence-electron chi connectivity index (χ0n) is 15.1. The minimum absolute atomic E-state index is 0.0336. The molecule has 2 aliphatic heterocycles. The van der Waals surface area contributed by atoms with Gasteiger partial charge in [0.25, 0.3) is 0 Å². The summed E-state index contributed by atoms with van der Waals surface area (Å²) in [7, 11) is 1.99. The van der Waals surface area contributed by atoms with Crippen molar-refractivity contribution in [2.24, 2.45) is 0 Å². The van der Waals surface area contributed by atoms with Crippen molar-refractivity contribution in [1.82, 2.24) is 14.8 Å². The number of carbonyl (C=O) groups excluding carboxylic acids is 1. The van der Waals surface area contributed by atoms with Gasteiger partial charge in [-0.05, 0) is 19.2 Å². The zero-order chi connectivity index (χ0) is 19.9. The average Bonchev–Trinajstić information content (AvgIpc) is 3.10. The second-order valence-corrected chi connectivity index (χ2v) is 7.70. The standard InChI is InChI=1S/C18H18F3N3O3S/c1-23-2-4-24(5-3-23)17(25)9-28-16-7-12(18(19,20)21)11-6-14-15(27-10-26-14)8-13(11)22-16/h6-8H,2-5,9-10H2,1H3. The van der Waals surface area contributed by atoms with Gasteiger partial charge < -0.3 is 19.3 Å². The fourth-order valence-corrected chi connectivity index (χ4v) is 4.00. The summed E-state index contributed by atoms with van der Waals surface area (Å²) in [6, 6.07) is 3.74. The lowest BCUT2D eigenvalue weighted by atomic mass is 10.1. The lowest BCUT2D eigenvalue weighted by molar-refractivity contribution is -0.136. The molecule has 1 aromatic carbocycles. The maximum atomic E-state index is 13.6. The number of ether oxygens (including phenoxy) is 2. The van der Waals surface area contributed by atoms with Gasteiger partial charge in [-0.25, -0.2) is 4.98 Å². The predicted octanol–water partition coefficient (Wildman–Crippen LogP) is 2.85. The van der Waals surface area contributed by atoms with Crippen LogP contribution in [0.25, 0.3) is 10.9 Å². The number of nitrogens with zero attached hydrogens (tertiary/aromatic N) is 3. The third kappa shape index (κ3) is 3.83. The van der Waals surface area contributed by atoms with E-state index in [1.54, 1.807) is 4.90 Å². The Kier molecular flexibility index (Phi) is 5.00. The number of hydrogen-bond acceptors (Lipinski definition) is 6. The molecule has 2 aliphatic rings. The Balaban J connectivity index is 1.59. The lowest BCUT2D eigenvalue weighted by Crippen LogP contribution is -2.47. The first kappa shape index (κ1) is 19.1. The highest BCUT2D eigenvalue weighted by atomic mass is 32.2. The first-order valence-corrected chi connectivity index (χ1v) is 9.70. The fourth-order valence-electron chi connectivity index (χ4n) is 3.18. The van der Waals surface area contributed by atoms with Crippen LogP contribution < -0.4 is 9.47 Å². The summed E-state index contributed by atoms with van der Waals surface area (Å²) in [5, 5.41) is 0.104. The van der Waals surface area contributed by atoms with E-state index in [4.69, 9.17) is 9.47 Å². The summed E-state index contributed by atoms with van der Waals surface area (Å²) in [4.78, 5) is 20.5. The summed E-state index contributed by atoms with van der Waals surface area (Å²) in [6.45, 7) is 2.79. The van der Waals surface area contributed by atoms with Crippen molar-refractivity contribution in [2.75, 3.05) is 45.8 Å². The minimum Gasteiger partial charge on any atom is -0.454 e. The maximum Gasteiger partial charge on any atom is 0.417 e. The van der Waals surface area contributed by atoms with Crippen molar-refractivity contribution in [1.29, 1.82) is 0 Å². The van der Waals surface area contributed by atoms with Gasteiger partial charge in [0.05, 0.1) is 21.9 Å². The number of carbonyl (C=O) groups is 1. The van der Waals surface area contributed by atoms with Gasteiger partial charge >= 0.3 is 6.18 Å². The Hall–Kier alpha value is -2.20. The second-order valence-electron chi connectivity index (χ2n) is 6.70. The molecular weight excluding hydrogens is 395 g/mol. The molecule has 1 amide bonds. The Morgan fingerprint density at radius 2 is 1.82 bits per heavy atom. The van der Waals surface area contributed by atoms with Crippen LogP contribution in [0.4, 0.5) is 13.2 Å². The van der Waals surface area contributed by atoms with Crippen LogP contribution in [0.2, 0.25) is 0 Å². The molecule has 1 fully saturated rings. The maximum absolute atomic E-state index is 13.6. The molecule has 0 spiro atoms. The van der Waals surface area contributed by atoms with Gasteiger partial charge in [0.15, 0.2) is 11.5 Å². The number of likely N-dealkylation sites (N-methyl/N-ethyl adjacent to an activating group) is 1. The topological polar surface area (TPSA) is 54.9 Å². The molecule has 3 heterocycles. The van der Waals surface area contributed by atoms with E-state index in [0.29, 0.717) is 18.8 Å². The summed E-state index contributed by atoms with van der Waals surface area (Å²) in [5.74, 6) is 0.581. The van der Waals surface area contributed by atoms with E-state index in [0.717, 1.165) is 30.9 Å². The van der Waals surface area contributed by atoms with Crippen molar-refractivity contribution < 1.29 is 27.4 Å². The summed E-state index contributed by atoms with van der Waals surface area (Å²) in [6.07, 6.45) is -4.55. The van der Waals surface area contributed by atoms with E-state index in [1.807, 2.05) is 7.05 Å². The van der Waals surface area contributed by atoms with Gasteiger partial charge in [-0.15, -0.1) is 0 Å². The molecule has 4 rings (SSSR count). The number of fused-ring (bicyclic) bond motifs is 2. The highest BCUT2D eigenvalue weighted by Crippen LogP contribution is 2.42. The van der Waals surface area contributed by atoms with Crippen LogP contribution >= 0.6 is 11.8 Å². The van der Waals surface area contributed by atoms with E-state index < -0.39 is 11.7 Å². The molecule has 0 bridgehead atoms. The summed E-state index contributed by atoms with van der Waals surface area (Å²) in [5.41, 5.74) is -0.640. The van der Waals surface area contributed by atoms with Gasteiger partial charge in [0.2, 0.25) is 12.7 Å². The second kappa shape index (κ2) is 7.32. The highest BCUT2D eigenvalue weighted by molar-refractivity contribution is 7.99. The number of benzene rings is 1. The zero-order valence-corrected chi connectivity index (χ0v) is 15.9. The highest BCUT2D eigenvalue weighted by Gasteiger charge is 2.34. The normalized spacial score (nSPS) is 17.4. The number of piperazine rings is 1. The Bertz CT molecular complexity index is 914. The molecule has 2 aromatic rings. The molecule has 0 N–H and O–H groups in total. The summed E-state index contributed by atoms with van der Waals surface area (Å²) >= 11 is 1.01. The lowest BCUT2D eigenvalue weighted by Gasteiger charge is -2.32. The van der Waals surface area contributed by atoms with E-state index in [1.165, 1.54) is 12.1 Å². The van der Waals surface area contributed by atoms with Crippen molar-refractivity contribution in [2.45, 2.75) is 11.2 Å². The van der Waals surface area contributed by atoms with E-state index in [-0.39, 0.29) is 40.1 Å². The molecular formula is C18H18F3N3O3S. The average molecular weight is 413 g/mol. The van der Waals surface area contributed by atoms with Crippen molar-refractivity contribution in [3.63, 3.8) is 0 Å². The van der Waals surface area contributed by atoms with Gasteiger partial charge in [-0.2, -0.15) is 13.2 Å². The molecule has 10 heteroatoms. The van der Waals surface area contributed by atoms with Crippen LogP contribution in [0.3, 0.4) is 0 Å². The first-order valence-electron chi connectivity index (χ1n) is 8.72. The van der Waals surface area contributed by atoms with Gasteiger partial charge in [0.1, 0.15) is 0 Å². The van der Waals surface area contributed by atoms with Gasteiger partial charge in [0, 0.05) is 37.6 Å². The van der Waals surface area contributed by atoms with Crippen LogP contribution in [0.5, 0.6) is 11.5 Å². The molecule has 1 aromatic heterocycles. The predicted molar refractivity (Wildman–Crippen MR) is 97.7 cm³/mol. The molecule has 1 saturated heterocycles. The number of alkyl halides is 3.